The number of nitrogens with two attached hydrogens (primary N) is 1. The van der Waals surface area contributed by atoms with Crippen LogP contribution >= 0.6 is 11.3 Å². The van der Waals surface area contributed by atoms with Gasteiger partial charge in [-0.15, -0.1) is 11.3 Å². The molecule has 0 radical (unpaired) electrons. The molecule has 1 heterocycles. The number of benzene rings is 1. The van der Waals surface area contributed by atoms with Crippen LogP contribution in [0, 0.1) is 24.0 Å². The van der Waals surface area contributed by atoms with Crippen molar-refractivity contribution in [1.82, 2.24) is 4.98 Å². The Kier molecular flexibility index (Phi) is 3.89. The maximum Gasteiger partial charge on any atom is 0.273 e. The van der Waals surface area contributed by atoms with Gasteiger partial charge < -0.3 is 11.1 Å². The molecular weight excluding hydrogens is 276 g/mol. The highest BCUT2D eigenvalue weighted by Crippen LogP contribution is 2.29. The fourth-order valence-electron chi connectivity index (χ4n) is 2.09. The van der Waals surface area contributed by atoms with Crippen molar-refractivity contribution in [2.45, 2.75) is 26.8 Å². The smallest absolute Gasteiger partial charge is 0.273 e. The number of nitro benzene ring substituents is 1. The number of nitrogen functional groups attached to an aromatic ring is 1. The zero-order valence-electron chi connectivity index (χ0n) is 11.5. The van der Waals surface area contributed by atoms with Crippen LogP contribution in [-0.4, -0.2) is 9.91 Å². The van der Waals surface area contributed by atoms with Gasteiger partial charge in [-0.2, -0.15) is 0 Å². The second kappa shape index (κ2) is 5.46. The van der Waals surface area contributed by atoms with Crippen LogP contribution < -0.4 is 11.1 Å². The summed E-state index contributed by atoms with van der Waals surface area (Å²) >= 11 is 1.62. The number of hydrogen-bond acceptors (Lipinski definition) is 6. The van der Waals surface area contributed by atoms with Crippen molar-refractivity contribution in [2.24, 2.45) is 0 Å². The first-order valence-corrected chi connectivity index (χ1v) is 6.94. The summed E-state index contributed by atoms with van der Waals surface area (Å²) in [5, 5.41) is 15.1. The van der Waals surface area contributed by atoms with Crippen molar-refractivity contribution in [3.05, 3.63) is 43.9 Å². The Hall–Kier alpha value is -2.15. The Labute approximate surface area is 120 Å². The van der Waals surface area contributed by atoms with Gasteiger partial charge in [0.05, 0.1) is 21.7 Å². The molecule has 0 bridgehead atoms. The molecule has 0 aliphatic carbocycles. The first kappa shape index (κ1) is 14.3. The molecule has 0 aliphatic heterocycles. The number of aryl methyl sites for hydroxylation is 2. The molecule has 1 aromatic carbocycles. The Morgan fingerprint density at radius 1 is 1.40 bits per heavy atom. The molecule has 106 valence electrons. The largest absolute Gasteiger partial charge is 0.398 e. The minimum Gasteiger partial charge on any atom is -0.398 e. The molecule has 20 heavy (non-hydrogen) atoms. The van der Waals surface area contributed by atoms with Crippen LogP contribution in [0.25, 0.3) is 0 Å². The second-order valence-electron chi connectivity index (χ2n) is 4.62. The van der Waals surface area contributed by atoms with E-state index in [9.17, 15) is 10.1 Å². The highest BCUT2D eigenvalue weighted by molar-refractivity contribution is 7.11. The van der Waals surface area contributed by atoms with Gasteiger partial charge in [0.15, 0.2) is 0 Å². The molecule has 0 amide bonds. The van der Waals surface area contributed by atoms with Crippen LogP contribution in [0.2, 0.25) is 0 Å². The lowest BCUT2D eigenvalue weighted by atomic mass is 10.2. The van der Waals surface area contributed by atoms with Gasteiger partial charge in [-0.3, -0.25) is 10.1 Å². The molecule has 7 heteroatoms. The molecule has 1 aromatic heterocycles. The van der Waals surface area contributed by atoms with E-state index in [1.54, 1.807) is 17.4 Å². The number of nitrogens with zero attached hydrogens (tertiary/aromatic N) is 2. The third-order valence-corrected chi connectivity index (χ3v) is 4.12. The van der Waals surface area contributed by atoms with Crippen molar-refractivity contribution >= 4 is 28.4 Å². The number of rotatable bonds is 4. The fraction of sp³-hybridized carbons (Fsp3) is 0.308. The van der Waals surface area contributed by atoms with Gasteiger partial charge in [-0.05, 0) is 26.8 Å². The van der Waals surface area contributed by atoms with Crippen molar-refractivity contribution in [3.63, 3.8) is 0 Å². The van der Waals surface area contributed by atoms with Crippen LogP contribution in [0.1, 0.15) is 28.5 Å². The standard InChI is InChI=1S/C13H16N4O2S/c1-7-13(20-9(3)15-7)8(2)16-11-4-10(14)5-12(6-11)17(18)19/h4-6,8,16H,14H2,1-3H3. The molecule has 2 rings (SSSR count). The number of anilines is 2. The molecule has 6 nitrogen and oxygen atoms in total. The average Bonchev–Trinajstić information content (AvgIpc) is 2.67. The quantitative estimate of drug-likeness (QED) is 0.511. The predicted molar refractivity (Wildman–Crippen MR) is 81.1 cm³/mol. The summed E-state index contributed by atoms with van der Waals surface area (Å²) in [6, 6.07) is 4.53. The summed E-state index contributed by atoms with van der Waals surface area (Å²) in [5.41, 5.74) is 7.65. The van der Waals surface area contributed by atoms with E-state index in [1.807, 2.05) is 20.8 Å². The van der Waals surface area contributed by atoms with Crippen LogP contribution in [0.5, 0.6) is 0 Å². The number of aromatic nitrogens is 1. The zero-order chi connectivity index (χ0) is 14.9. The fourth-order valence-corrected chi connectivity index (χ4v) is 3.02. The molecule has 0 saturated carbocycles. The molecule has 0 aliphatic rings. The van der Waals surface area contributed by atoms with Crippen LogP contribution in [0.15, 0.2) is 18.2 Å². The van der Waals surface area contributed by atoms with Gasteiger partial charge in [0.1, 0.15) is 0 Å². The zero-order valence-corrected chi connectivity index (χ0v) is 12.3. The van der Waals surface area contributed by atoms with E-state index < -0.39 is 4.92 Å². The lowest BCUT2D eigenvalue weighted by Crippen LogP contribution is -2.07. The summed E-state index contributed by atoms with van der Waals surface area (Å²) in [5.74, 6) is 0. The van der Waals surface area contributed by atoms with Crippen molar-refractivity contribution < 1.29 is 4.92 Å². The average molecular weight is 292 g/mol. The minimum atomic E-state index is -0.450. The highest BCUT2D eigenvalue weighted by Gasteiger charge is 2.15. The molecule has 0 spiro atoms. The maximum atomic E-state index is 10.8. The molecular formula is C13H16N4O2S. The van der Waals surface area contributed by atoms with Crippen LogP contribution in [0.4, 0.5) is 17.1 Å². The number of hydrogen-bond donors (Lipinski definition) is 2. The van der Waals surface area contributed by atoms with E-state index in [1.165, 1.54) is 12.1 Å². The SMILES string of the molecule is Cc1nc(C)c(C(C)Nc2cc(N)cc([N+](=O)[O-])c2)s1. The summed E-state index contributed by atoms with van der Waals surface area (Å²) in [7, 11) is 0. The molecule has 0 fully saturated rings. The van der Waals surface area contributed by atoms with E-state index in [0.29, 0.717) is 11.4 Å². The van der Waals surface area contributed by atoms with E-state index in [0.717, 1.165) is 15.6 Å². The maximum absolute atomic E-state index is 10.8. The summed E-state index contributed by atoms with van der Waals surface area (Å²) < 4.78 is 0. The first-order valence-electron chi connectivity index (χ1n) is 6.12. The van der Waals surface area contributed by atoms with Gasteiger partial charge in [-0.1, -0.05) is 0 Å². The van der Waals surface area contributed by atoms with E-state index in [2.05, 4.69) is 10.3 Å². The lowest BCUT2D eigenvalue weighted by Gasteiger charge is -2.14. The Morgan fingerprint density at radius 3 is 2.65 bits per heavy atom. The van der Waals surface area contributed by atoms with Gasteiger partial charge >= 0.3 is 0 Å². The van der Waals surface area contributed by atoms with Gasteiger partial charge in [0.2, 0.25) is 0 Å². The van der Waals surface area contributed by atoms with Crippen molar-refractivity contribution in [2.75, 3.05) is 11.1 Å². The van der Waals surface area contributed by atoms with Gasteiger partial charge in [0, 0.05) is 28.4 Å². The molecule has 1 atom stereocenters. The Morgan fingerprint density at radius 2 is 2.10 bits per heavy atom. The molecule has 3 N–H and O–H groups in total. The predicted octanol–water partition coefficient (Wildman–Crippen LogP) is 3.42. The van der Waals surface area contributed by atoms with Crippen LogP contribution in [0.3, 0.4) is 0 Å². The van der Waals surface area contributed by atoms with Crippen molar-refractivity contribution in [1.29, 1.82) is 0 Å². The van der Waals surface area contributed by atoms with Gasteiger partial charge in [-0.25, -0.2) is 4.98 Å². The highest BCUT2D eigenvalue weighted by atomic mass is 32.1. The van der Waals surface area contributed by atoms with E-state index in [4.69, 9.17) is 5.73 Å². The molecule has 2 aromatic rings. The van der Waals surface area contributed by atoms with Gasteiger partial charge in [0.25, 0.3) is 5.69 Å². The van der Waals surface area contributed by atoms with E-state index in [-0.39, 0.29) is 11.7 Å². The number of nitrogens with one attached hydrogen (secondary N) is 1. The molecule has 0 saturated heterocycles. The van der Waals surface area contributed by atoms with Crippen LogP contribution in [-0.2, 0) is 0 Å². The summed E-state index contributed by atoms with van der Waals surface area (Å²) in [4.78, 5) is 15.9. The minimum absolute atomic E-state index is 0.0163. The third-order valence-electron chi connectivity index (χ3n) is 2.87. The number of thiazole rings is 1. The normalized spacial score (nSPS) is 12.2. The second-order valence-corrected chi connectivity index (χ2v) is 5.85. The lowest BCUT2D eigenvalue weighted by molar-refractivity contribution is -0.384. The third kappa shape index (κ3) is 3.05. The summed E-state index contributed by atoms with van der Waals surface area (Å²) in [6.07, 6.45) is 0. The molecule has 1 unspecified atom stereocenters. The topological polar surface area (TPSA) is 94.1 Å². The van der Waals surface area contributed by atoms with Crippen molar-refractivity contribution in [3.8, 4) is 0 Å². The summed E-state index contributed by atoms with van der Waals surface area (Å²) in [6.45, 7) is 5.91. The Balaban J connectivity index is 2.25. The first-order chi connectivity index (χ1) is 9.36. The number of non-ortho nitro benzene ring substituents is 1. The number of nitro groups is 1. The monoisotopic (exact) mass is 292 g/mol. The Bertz CT molecular complexity index is 654. The van der Waals surface area contributed by atoms with E-state index >= 15 is 0 Å².